The van der Waals surface area contributed by atoms with E-state index in [1.54, 1.807) is 40.6 Å². The van der Waals surface area contributed by atoms with Gasteiger partial charge in [0.15, 0.2) is 11.5 Å². The van der Waals surface area contributed by atoms with Crippen molar-refractivity contribution in [1.29, 1.82) is 0 Å². The van der Waals surface area contributed by atoms with E-state index in [9.17, 15) is 9.90 Å². The maximum absolute atomic E-state index is 13.0. The second-order valence-corrected chi connectivity index (χ2v) is 7.62. The van der Waals surface area contributed by atoms with Crippen LogP contribution in [0.2, 0.25) is 0 Å². The molecule has 0 bridgehead atoms. The van der Waals surface area contributed by atoms with Crippen molar-refractivity contribution in [1.82, 2.24) is 4.90 Å². The number of hydrogen-bond acceptors (Lipinski definition) is 6. The number of amides is 1. The summed E-state index contributed by atoms with van der Waals surface area (Å²) >= 11 is 0. The van der Waals surface area contributed by atoms with Crippen molar-refractivity contribution in [2.75, 3.05) is 41.5 Å². The molecule has 2 aromatic carbocycles. The van der Waals surface area contributed by atoms with E-state index in [0.717, 1.165) is 49.0 Å². The van der Waals surface area contributed by atoms with Gasteiger partial charge in [0, 0.05) is 30.6 Å². The Morgan fingerprint density at radius 2 is 1.48 bits per heavy atom. The number of methoxy groups -OCH3 is 4. The maximum atomic E-state index is 13.0. The second-order valence-electron chi connectivity index (χ2n) is 7.62. The summed E-state index contributed by atoms with van der Waals surface area (Å²) in [6.07, 6.45) is 3.59. The largest absolute Gasteiger partial charge is 0.507 e. The van der Waals surface area contributed by atoms with E-state index in [4.69, 9.17) is 18.9 Å². The molecule has 31 heavy (non-hydrogen) atoms. The molecule has 1 N–H and O–H groups in total. The standard InChI is InChI=1S/C24H31NO6/c1-15-17(21(29-3)23(31-5)22(30-4)20(15)28-2)13-16-9-10-19(26)18(14-16)24(27)25-11-7-6-8-12-25/h9-10,14,26H,6-8,11-13H2,1-5H3. The van der Waals surface area contributed by atoms with Gasteiger partial charge in [-0.05, 0) is 43.9 Å². The van der Waals surface area contributed by atoms with Crippen LogP contribution >= 0.6 is 0 Å². The molecule has 0 aromatic heterocycles. The summed E-state index contributed by atoms with van der Waals surface area (Å²) in [6.45, 7) is 3.38. The molecule has 0 spiro atoms. The van der Waals surface area contributed by atoms with Crippen LogP contribution in [0.25, 0.3) is 0 Å². The van der Waals surface area contributed by atoms with E-state index in [0.29, 0.717) is 35.0 Å². The molecule has 3 rings (SSSR count). The summed E-state index contributed by atoms with van der Waals surface area (Å²) in [6, 6.07) is 5.14. The second kappa shape index (κ2) is 9.81. The van der Waals surface area contributed by atoms with E-state index in [1.807, 2.05) is 17.9 Å². The molecule has 1 aliphatic heterocycles. The van der Waals surface area contributed by atoms with Crippen molar-refractivity contribution < 1.29 is 28.8 Å². The predicted octanol–water partition coefficient (Wildman–Crippen LogP) is 3.95. The number of nitrogens with zero attached hydrogens (tertiary/aromatic N) is 1. The topological polar surface area (TPSA) is 77.5 Å². The first kappa shape index (κ1) is 22.6. The van der Waals surface area contributed by atoms with Gasteiger partial charge >= 0.3 is 0 Å². The fourth-order valence-corrected chi connectivity index (χ4v) is 4.20. The molecule has 168 valence electrons. The Labute approximate surface area is 183 Å². The summed E-state index contributed by atoms with van der Waals surface area (Å²) < 4.78 is 22.3. The summed E-state index contributed by atoms with van der Waals surface area (Å²) in [5, 5.41) is 10.4. The Morgan fingerprint density at radius 3 is 2.06 bits per heavy atom. The van der Waals surface area contributed by atoms with Gasteiger partial charge in [0.25, 0.3) is 5.91 Å². The van der Waals surface area contributed by atoms with E-state index in [-0.39, 0.29) is 11.7 Å². The van der Waals surface area contributed by atoms with Gasteiger partial charge < -0.3 is 29.0 Å². The van der Waals surface area contributed by atoms with Crippen molar-refractivity contribution in [2.45, 2.75) is 32.6 Å². The average Bonchev–Trinajstić information content (AvgIpc) is 2.80. The monoisotopic (exact) mass is 429 g/mol. The van der Waals surface area contributed by atoms with Crippen molar-refractivity contribution in [2.24, 2.45) is 0 Å². The normalized spacial score (nSPS) is 13.6. The van der Waals surface area contributed by atoms with E-state index in [2.05, 4.69) is 0 Å². The molecule has 7 nitrogen and oxygen atoms in total. The number of rotatable bonds is 7. The van der Waals surface area contributed by atoms with Crippen molar-refractivity contribution in [3.05, 3.63) is 40.5 Å². The van der Waals surface area contributed by atoms with Crippen molar-refractivity contribution in [3.63, 3.8) is 0 Å². The number of carbonyl (C=O) groups is 1. The fraction of sp³-hybridized carbons (Fsp3) is 0.458. The lowest BCUT2D eigenvalue weighted by atomic mass is 9.95. The Morgan fingerprint density at radius 1 is 0.903 bits per heavy atom. The fourth-order valence-electron chi connectivity index (χ4n) is 4.20. The Hall–Kier alpha value is -3.09. The van der Waals surface area contributed by atoms with Gasteiger partial charge in [-0.1, -0.05) is 6.07 Å². The molecule has 2 aromatic rings. The molecule has 1 saturated heterocycles. The number of carbonyl (C=O) groups excluding carboxylic acids is 1. The Bertz CT molecular complexity index is 950. The van der Waals surface area contributed by atoms with Gasteiger partial charge in [0.2, 0.25) is 11.5 Å². The Kier molecular flexibility index (Phi) is 7.15. The first-order valence-electron chi connectivity index (χ1n) is 10.4. The van der Waals surface area contributed by atoms with Gasteiger partial charge in [0.05, 0.1) is 34.0 Å². The van der Waals surface area contributed by atoms with Gasteiger partial charge in [0.1, 0.15) is 5.75 Å². The highest BCUT2D eigenvalue weighted by Crippen LogP contribution is 2.49. The number of likely N-dealkylation sites (tertiary alicyclic amines) is 1. The SMILES string of the molecule is COc1c(C)c(Cc2ccc(O)c(C(=O)N3CCCCC3)c2)c(OC)c(OC)c1OC. The molecule has 0 radical (unpaired) electrons. The van der Waals surface area contributed by atoms with Gasteiger partial charge in [-0.25, -0.2) is 0 Å². The Balaban J connectivity index is 2.03. The molecule has 0 aliphatic carbocycles. The molecule has 1 aliphatic rings. The molecule has 7 heteroatoms. The third-order valence-corrected chi connectivity index (χ3v) is 5.82. The highest BCUT2D eigenvalue weighted by atomic mass is 16.5. The smallest absolute Gasteiger partial charge is 0.257 e. The minimum Gasteiger partial charge on any atom is -0.507 e. The molecule has 1 amide bonds. The number of phenolic OH excluding ortho intramolecular Hbond substituents is 1. The summed E-state index contributed by atoms with van der Waals surface area (Å²) in [5.41, 5.74) is 2.91. The lowest BCUT2D eigenvalue weighted by Crippen LogP contribution is -2.35. The van der Waals surface area contributed by atoms with E-state index >= 15 is 0 Å². The quantitative estimate of drug-likeness (QED) is 0.718. The number of benzene rings is 2. The first-order chi connectivity index (χ1) is 15.0. The number of aromatic hydroxyl groups is 1. The molecule has 1 heterocycles. The third kappa shape index (κ3) is 4.36. The molecular weight excluding hydrogens is 398 g/mol. The number of hydrogen-bond donors (Lipinski definition) is 1. The van der Waals surface area contributed by atoms with Crippen LogP contribution in [-0.4, -0.2) is 57.4 Å². The van der Waals surface area contributed by atoms with Crippen molar-refractivity contribution >= 4 is 5.91 Å². The third-order valence-electron chi connectivity index (χ3n) is 5.82. The van der Waals surface area contributed by atoms with Crippen LogP contribution in [0, 0.1) is 6.92 Å². The van der Waals surface area contributed by atoms with Crippen LogP contribution in [0.5, 0.6) is 28.7 Å². The van der Waals surface area contributed by atoms with Gasteiger partial charge in [-0.2, -0.15) is 0 Å². The zero-order valence-electron chi connectivity index (χ0n) is 18.9. The zero-order valence-corrected chi connectivity index (χ0v) is 18.9. The maximum Gasteiger partial charge on any atom is 0.257 e. The van der Waals surface area contributed by atoms with Crippen LogP contribution in [0.3, 0.4) is 0 Å². The minimum absolute atomic E-state index is 0.00657. The number of piperidine rings is 1. The molecule has 0 saturated carbocycles. The molecular formula is C24H31NO6. The minimum atomic E-state index is -0.132. The molecule has 0 unspecified atom stereocenters. The number of phenols is 1. The molecule has 0 atom stereocenters. The number of ether oxygens (including phenoxy) is 4. The molecule has 1 fully saturated rings. The zero-order chi connectivity index (χ0) is 22.5. The van der Waals surface area contributed by atoms with Crippen LogP contribution in [0.15, 0.2) is 18.2 Å². The van der Waals surface area contributed by atoms with Crippen LogP contribution in [-0.2, 0) is 6.42 Å². The highest BCUT2D eigenvalue weighted by molar-refractivity contribution is 5.97. The lowest BCUT2D eigenvalue weighted by molar-refractivity contribution is 0.0721. The summed E-state index contributed by atoms with van der Waals surface area (Å²) in [4.78, 5) is 14.8. The van der Waals surface area contributed by atoms with Crippen LogP contribution < -0.4 is 18.9 Å². The van der Waals surface area contributed by atoms with Gasteiger partial charge in [-0.15, -0.1) is 0 Å². The predicted molar refractivity (Wildman–Crippen MR) is 118 cm³/mol. The van der Waals surface area contributed by atoms with Crippen molar-refractivity contribution in [3.8, 4) is 28.7 Å². The first-order valence-corrected chi connectivity index (χ1v) is 10.4. The van der Waals surface area contributed by atoms with E-state index < -0.39 is 0 Å². The van der Waals surface area contributed by atoms with Crippen LogP contribution in [0.4, 0.5) is 0 Å². The van der Waals surface area contributed by atoms with Crippen LogP contribution in [0.1, 0.15) is 46.3 Å². The van der Waals surface area contributed by atoms with Gasteiger partial charge in [-0.3, -0.25) is 4.79 Å². The lowest BCUT2D eigenvalue weighted by Gasteiger charge is -2.27. The summed E-state index contributed by atoms with van der Waals surface area (Å²) in [5.74, 6) is 1.90. The average molecular weight is 430 g/mol. The van der Waals surface area contributed by atoms with E-state index in [1.165, 1.54) is 0 Å². The summed E-state index contributed by atoms with van der Waals surface area (Å²) in [7, 11) is 6.26. The highest BCUT2D eigenvalue weighted by Gasteiger charge is 2.26.